The maximum Gasteiger partial charge on any atom is 0.253 e. The predicted octanol–water partition coefficient (Wildman–Crippen LogP) is 2.56. The number of carbonyl (C=O) groups excluding carboxylic acids is 2. The lowest BCUT2D eigenvalue weighted by Crippen LogP contribution is -2.37. The van der Waals surface area contributed by atoms with Crippen LogP contribution in [0.1, 0.15) is 32.7 Å². The van der Waals surface area contributed by atoms with Gasteiger partial charge in [0.05, 0.1) is 0 Å². The van der Waals surface area contributed by atoms with Crippen molar-refractivity contribution in [1.29, 1.82) is 0 Å². The molecule has 0 atom stereocenters. The Kier molecular flexibility index (Phi) is 7.18. The molecule has 0 radical (unpaired) electrons. The molecule has 0 spiro atoms. The van der Waals surface area contributed by atoms with E-state index >= 15 is 0 Å². The summed E-state index contributed by atoms with van der Waals surface area (Å²) in [6, 6.07) is 16.7. The summed E-state index contributed by atoms with van der Waals surface area (Å²) < 4.78 is 0. The number of nitrogens with zero attached hydrogens (tertiary/aromatic N) is 2. The summed E-state index contributed by atoms with van der Waals surface area (Å²) >= 11 is 0. The van der Waals surface area contributed by atoms with Crippen molar-refractivity contribution in [3.8, 4) is 0 Å². The van der Waals surface area contributed by atoms with Gasteiger partial charge in [-0.15, -0.1) is 12.4 Å². The van der Waals surface area contributed by atoms with Crippen molar-refractivity contribution >= 4 is 24.2 Å². The molecule has 2 N–H and O–H groups in total. The number of amides is 2. The summed E-state index contributed by atoms with van der Waals surface area (Å²) in [7, 11) is 0. The molecule has 138 valence electrons. The second-order valence-electron chi connectivity index (χ2n) is 6.21. The second kappa shape index (κ2) is 9.36. The highest BCUT2D eigenvalue weighted by molar-refractivity contribution is 5.95. The SMILES string of the molecule is Cl.NCc1ccc(C(=O)N2CCCN(C(=O)c3ccccc3)CC2)cc1. The van der Waals surface area contributed by atoms with Crippen LogP contribution in [-0.2, 0) is 6.54 Å². The van der Waals surface area contributed by atoms with E-state index in [2.05, 4.69) is 0 Å². The molecular weight excluding hydrogens is 350 g/mol. The third-order valence-corrected chi connectivity index (χ3v) is 4.53. The van der Waals surface area contributed by atoms with Crippen molar-refractivity contribution in [1.82, 2.24) is 9.80 Å². The molecule has 0 bridgehead atoms. The molecule has 1 aliphatic heterocycles. The number of benzene rings is 2. The van der Waals surface area contributed by atoms with Gasteiger partial charge in [-0.1, -0.05) is 30.3 Å². The van der Waals surface area contributed by atoms with Crippen molar-refractivity contribution in [3.63, 3.8) is 0 Å². The van der Waals surface area contributed by atoms with Crippen LogP contribution >= 0.6 is 12.4 Å². The Balaban J connectivity index is 0.00000243. The minimum Gasteiger partial charge on any atom is -0.337 e. The Morgan fingerprint density at radius 1 is 0.769 bits per heavy atom. The number of hydrogen-bond acceptors (Lipinski definition) is 3. The molecule has 1 aliphatic rings. The number of hydrogen-bond donors (Lipinski definition) is 1. The first kappa shape index (κ1) is 19.9. The van der Waals surface area contributed by atoms with Gasteiger partial charge in [0.1, 0.15) is 0 Å². The van der Waals surface area contributed by atoms with Gasteiger partial charge in [0.25, 0.3) is 11.8 Å². The van der Waals surface area contributed by atoms with Crippen LogP contribution in [-0.4, -0.2) is 47.8 Å². The van der Waals surface area contributed by atoms with E-state index < -0.39 is 0 Å². The first-order valence-corrected chi connectivity index (χ1v) is 8.61. The molecule has 0 aromatic heterocycles. The van der Waals surface area contributed by atoms with Gasteiger partial charge in [-0.25, -0.2) is 0 Å². The van der Waals surface area contributed by atoms with E-state index in [1.165, 1.54) is 0 Å². The molecule has 2 aromatic carbocycles. The van der Waals surface area contributed by atoms with Crippen molar-refractivity contribution in [2.45, 2.75) is 13.0 Å². The maximum absolute atomic E-state index is 12.7. The summed E-state index contributed by atoms with van der Waals surface area (Å²) in [5.74, 6) is 0.0415. The van der Waals surface area contributed by atoms with Crippen molar-refractivity contribution < 1.29 is 9.59 Å². The minimum atomic E-state index is 0. The monoisotopic (exact) mass is 373 g/mol. The van der Waals surface area contributed by atoms with Crippen LogP contribution in [0.5, 0.6) is 0 Å². The zero-order valence-corrected chi connectivity index (χ0v) is 15.5. The number of nitrogens with two attached hydrogens (primary N) is 1. The summed E-state index contributed by atoms with van der Waals surface area (Å²) in [5.41, 5.74) is 7.97. The van der Waals surface area contributed by atoms with Gasteiger partial charge in [0.15, 0.2) is 0 Å². The lowest BCUT2D eigenvalue weighted by atomic mass is 10.1. The van der Waals surface area contributed by atoms with Gasteiger partial charge in [0.2, 0.25) is 0 Å². The first-order chi connectivity index (χ1) is 12.2. The lowest BCUT2D eigenvalue weighted by molar-refractivity contribution is 0.0719. The molecule has 0 unspecified atom stereocenters. The van der Waals surface area contributed by atoms with Crippen LogP contribution in [0.15, 0.2) is 54.6 Å². The van der Waals surface area contributed by atoms with Crippen LogP contribution < -0.4 is 5.73 Å². The molecule has 3 rings (SSSR count). The quantitative estimate of drug-likeness (QED) is 0.899. The van der Waals surface area contributed by atoms with E-state index in [0.717, 1.165) is 12.0 Å². The fourth-order valence-corrected chi connectivity index (χ4v) is 3.05. The van der Waals surface area contributed by atoms with Crippen molar-refractivity contribution in [3.05, 3.63) is 71.3 Å². The van der Waals surface area contributed by atoms with Crippen molar-refractivity contribution in [2.24, 2.45) is 5.73 Å². The average molecular weight is 374 g/mol. The average Bonchev–Trinajstić information content (AvgIpc) is 2.94. The highest BCUT2D eigenvalue weighted by Crippen LogP contribution is 2.13. The molecule has 0 aliphatic carbocycles. The Bertz CT molecular complexity index is 734. The first-order valence-electron chi connectivity index (χ1n) is 8.61. The Morgan fingerprint density at radius 3 is 1.77 bits per heavy atom. The van der Waals surface area contributed by atoms with Gasteiger partial charge < -0.3 is 15.5 Å². The smallest absolute Gasteiger partial charge is 0.253 e. The number of halogens is 1. The van der Waals surface area contributed by atoms with Crippen LogP contribution in [0.2, 0.25) is 0 Å². The third-order valence-electron chi connectivity index (χ3n) is 4.53. The van der Waals surface area contributed by atoms with Crippen LogP contribution in [0, 0.1) is 0 Å². The Hall–Kier alpha value is -2.37. The van der Waals surface area contributed by atoms with Gasteiger partial charge in [-0.3, -0.25) is 9.59 Å². The molecule has 2 aromatic rings. The summed E-state index contributed by atoms with van der Waals surface area (Å²) in [6.45, 7) is 2.91. The molecule has 0 saturated carbocycles. The zero-order chi connectivity index (χ0) is 17.6. The normalized spacial score (nSPS) is 14.3. The maximum atomic E-state index is 12.7. The summed E-state index contributed by atoms with van der Waals surface area (Å²) in [5, 5.41) is 0. The molecule has 6 heteroatoms. The van der Waals surface area contributed by atoms with E-state index in [0.29, 0.717) is 43.9 Å². The second-order valence-corrected chi connectivity index (χ2v) is 6.21. The van der Waals surface area contributed by atoms with Crippen LogP contribution in [0.25, 0.3) is 0 Å². The summed E-state index contributed by atoms with van der Waals surface area (Å²) in [4.78, 5) is 28.9. The van der Waals surface area contributed by atoms with E-state index in [1.54, 1.807) is 0 Å². The summed E-state index contributed by atoms with van der Waals surface area (Å²) in [6.07, 6.45) is 0.783. The van der Waals surface area contributed by atoms with Gasteiger partial charge in [-0.2, -0.15) is 0 Å². The predicted molar refractivity (Wildman–Crippen MR) is 104 cm³/mol. The Morgan fingerprint density at radius 2 is 1.27 bits per heavy atom. The van der Waals surface area contributed by atoms with Crippen molar-refractivity contribution in [2.75, 3.05) is 26.2 Å². The van der Waals surface area contributed by atoms with Crippen LogP contribution in [0.3, 0.4) is 0 Å². The van der Waals surface area contributed by atoms with Gasteiger partial charge >= 0.3 is 0 Å². The zero-order valence-electron chi connectivity index (χ0n) is 14.6. The highest BCUT2D eigenvalue weighted by atomic mass is 35.5. The van der Waals surface area contributed by atoms with Crippen LogP contribution in [0.4, 0.5) is 0 Å². The molecule has 2 amide bonds. The standard InChI is InChI=1S/C20H23N3O2.ClH/c21-15-16-7-9-18(10-8-16)20(25)23-12-4-11-22(13-14-23)19(24)17-5-2-1-3-6-17;/h1-3,5-10H,4,11-15,21H2;1H. The van der Waals surface area contributed by atoms with E-state index in [1.807, 2.05) is 64.4 Å². The number of carbonyl (C=O) groups is 2. The fourth-order valence-electron chi connectivity index (χ4n) is 3.05. The Labute approximate surface area is 160 Å². The molecule has 5 nitrogen and oxygen atoms in total. The molecule has 1 heterocycles. The van der Waals surface area contributed by atoms with E-state index in [-0.39, 0.29) is 24.2 Å². The van der Waals surface area contributed by atoms with Gasteiger partial charge in [-0.05, 0) is 36.2 Å². The minimum absolute atomic E-state index is 0. The number of rotatable bonds is 3. The molecule has 26 heavy (non-hydrogen) atoms. The van der Waals surface area contributed by atoms with E-state index in [4.69, 9.17) is 5.73 Å². The van der Waals surface area contributed by atoms with E-state index in [9.17, 15) is 9.59 Å². The highest BCUT2D eigenvalue weighted by Gasteiger charge is 2.23. The molecule has 1 saturated heterocycles. The largest absolute Gasteiger partial charge is 0.337 e. The van der Waals surface area contributed by atoms with Gasteiger partial charge in [0, 0.05) is 43.9 Å². The molecule has 1 fully saturated rings. The third kappa shape index (κ3) is 4.62. The fraction of sp³-hybridized carbons (Fsp3) is 0.300. The topological polar surface area (TPSA) is 66.6 Å². The lowest BCUT2D eigenvalue weighted by Gasteiger charge is -2.22. The molecular formula is C20H24ClN3O2.